The number of para-hydroxylation sites is 1. The van der Waals surface area contributed by atoms with Crippen molar-refractivity contribution in [3.05, 3.63) is 29.3 Å². The van der Waals surface area contributed by atoms with Crippen LogP contribution in [0.3, 0.4) is 0 Å². The molecular formula is C17H28N2O2. The lowest BCUT2D eigenvalue weighted by Gasteiger charge is -2.15. The van der Waals surface area contributed by atoms with Gasteiger partial charge in [0.05, 0.1) is 0 Å². The van der Waals surface area contributed by atoms with E-state index in [0.717, 1.165) is 49.2 Å². The monoisotopic (exact) mass is 292 g/mol. The number of aryl methyl sites for hydroxylation is 2. The summed E-state index contributed by atoms with van der Waals surface area (Å²) in [5.74, 6) is -0.311. The highest BCUT2D eigenvalue weighted by molar-refractivity contribution is 5.95. The number of rotatable bonds is 9. The highest BCUT2D eigenvalue weighted by atomic mass is 16.3. The largest absolute Gasteiger partial charge is 0.383 e. The van der Waals surface area contributed by atoms with E-state index in [0.29, 0.717) is 6.42 Å². The Morgan fingerprint density at radius 2 is 1.86 bits per heavy atom. The topological polar surface area (TPSA) is 61.4 Å². The van der Waals surface area contributed by atoms with E-state index < -0.39 is 6.10 Å². The van der Waals surface area contributed by atoms with Gasteiger partial charge in [0.2, 0.25) is 0 Å². The predicted octanol–water partition coefficient (Wildman–Crippen LogP) is 2.77. The number of carbonyl (C=O) groups is 1. The van der Waals surface area contributed by atoms with Crippen molar-refractivity contribution in [3.8, 4) is 0 Å². The molecule has 1 amide bonds. The van der Waals surface area contributed by atoms with Gasteiger partial charge in [-0.2, -0.15) is 0 Å². The maximum atomic E-state index is 12.0. The number of carbonyl (C=O) groups excluding carboxylic acids is 1. The van der Waals surface area contributed by atoms with Crippen molar-refractivity contribution in [1.82, 2.24) is 5.32 Å². The van der Waals surface area contributed by atoms with Crippen LogP contribution in [-0.4, -0.2) is 30.2 Å². The van der Waals surface area contributed by atoms with Crippen molar-refractivity contribution in [2.45, 2.75) is 52.6 Å². The fourth-order valence-corrected chi connectivity index (χ4v) is 2.24. The first-order chi connectivity index (χ1) is 10.1. The lowest BCUT2D eigenvalue weighted by atomic mass is 10.1. The molecule has 0 bridgehead atoms. The van der Waals surface area contributed by atoms with Crippen molar-refractivity contribution in [2.24, 2.45) is 0 Å². The van der Waals surface area contributed by atoms with E-state index in [1.807, 2.05) is 32.0 Å². The molecule has 3 N–H and O–H groups in total. The van der Waals surface area contributed by atoms with Crippen LogP contribution >= 0.6 is 0 Å². The average Bonchev–Trinajstić information content (AvgIpc) is 2.46. The summed E-state index contributed by atoms with van der Waals surface area (Å²) in [5, 5.41) is 16.1. The minimum atomic E-state index is -0.935. The third-order valence-corrected chi connectivity index (χ3v) is 3.54. The quantitative estimate of drug-likeness (QED) is 0.613. The van der Waals surface area contributed by atoms with Gasteiger partial charge in [-0.05, 0) is 63.7 Å². The zero-order valence-electron chi connectivity index (χ0n) is 13.4. The van der Waals surface area contributed by atoms with Gasteiger partial charge in [-0.25, -0.2) is 0 Å². The number of aliphatic hydroxyl groups is 1. The predicted molar refractivity (Wildman–Crippen MR) is 87.6 cm³/mol. The Balaban J connectivity index is 2.34. The molecule has 1 aromatic rings. The fourth-order valence-electron chi connectivity index (χ4n) is 2.24. The number of unbranched alkanes of at least 4 members (excludes halogenated alkanes) is 1. The highest BCUT2D eigenvalue weighted by Crippen LogP contribution is 2.19. The van der Waals surface area contributed by atoms with Crippen LogP contribution in [0.2, 0.25) is 0 Å². The molecule has 0 aliphatic carbocycles. The maximum absolute atomic E-state index is 12.0. The molecule has 0 radical (unpaired) electrons. The van der Waals surface area contributed by atoms with Crippen LogP contribution in [0.25, 0.3) is 0 Å². The minimum Gasteiger partial charge on any atom is -0.383 e. The average molecular weight is 292 g/mol. The van der Waals surface area contributed by atoms with Gasteiger partial charge in [0.15, 0.2) is 0 Å². The molecule has 118 valence electrons. The second-order valence-electron chi connectivity index (χ2n) is 5.52. The van der Waals surface area contributed by atoms with E-state index in [1.165, 1.54) is 0 Å². The van der Waals surface area contributed by atoms with Crippen molar-refractivity contribution >= 4 is 11.6 Å². The van der Waals surface area contributed by atoms with Crippen molar-refractivity contribution in [3.63, 3.8) is 0 Å². The second kappa shape index (κ2) is 9.53. The summed E-state index contributed by atoms with van der Waals surface area (Å²) < 4.78 is 0. The maximum Gasteiger partial charge on any atom is 0.253 e. The standard InChI is InChI=1S/C17H28N2O2/c1-4-11-18-12-6-5-10-15(20)17(21)19-16-13(2)8-7-9-14(16)3/h7-9,15,18,20H,4-6,10-12H2,1-3H3,(H,19,21). The molecule has 4 heteroatoms. The van der Waals surface area contributed by atoms with E-state index in [9.17, 15) is 9.90 Å². The molecule has 0 aliphatic heterocycles. The summed E-state index contributed by atoms with van der Waals surface area (Å²) in [6, 6.07) is 5.86. The Hall–Kier alpha value is -1.39. The summed E-state index contributed by atoms with van der Waals surface area (Å²) in [6.45, 7) is 8.01. The van der Waals surface area contributed by atoms with Gasteiger partial charge in [0.1, 0.15) is 6.10 Å². The molecule has 0 aliphatic rings. The van der Waals surface area contributed by atoms with Gasteiger partial charge in [0, 0.05) is 5.69 Å². The molecule has 21 heavy (non-hydrogen) atoms. The third kappa shape index (κ3) is 6.27. The molecule has 1 rings (SSSR count). The van der Waals surface area contributed by atoms with Gasteiger partial charge in [-0.15, -0.1) is 0 Å². The first-order valence-electron chi connectivity index (χ1n) is 7.82. The van der Waals surface area contributed by atoms with E-state index in [-0.39, 0.29) is 5.91 Å². The zero-order chi connectivity index (χ0) is 15.7. The molecule has 0 aromatic heterocycles. The number of hydrogen-bond donors (Lipinski definition) is 3. The van der Waals surface area contributed by atoms with E-state index in [4.69, 9.17) is 0 Å². The number of amides is 1. The fraction of sp³-hybridized carbons (Fsp3) is 0.588. The van der Waals surface area contributed by atoms with Crippen molar-refractivity contribution < 1.29 is 9.90 Å². The van der Waals surface area contributed by atoms with Gasteiger partial charge in [-0.1, -0.05) is 25.1 Å². The molecule has 4 nitrogen and oxygen atoms in total. The lowest BCUT2D eigenvalue weighted by molar-refractivity contribution is -0.124. The molecule has 0 fully saturated rings. The van der Waals surface area contributed by atoms with Gasteiger partial charge < -0.3 is 15.7 Å². The summed E-state index contributed by atoms with van der Waals surface area (Å²) in [5.41, 5.74) is 2.84. The molecule has 0 saturated carbocycles. The zero-order valence-corrected chi connectivity index (χ0v) is 13.4. The third-order valence-electron chi connectivity index (χ3n) is 3.54. The van der Waals surface area contributed by atoms with Crippen LogP contribution < -0.4 is 10.6 Å². The Morgan fingerprint density at radius 1 is 1.19 bits per heavy atom. The summed E-state index contributed by atoms with van der Waals surface area (Å²) in [7, 11) is 0. The summed E-state index contributed by atoms with van der Waals surface area (Å²) >= 11 is 0. The number of anilines is 1. The molecule has 1 atom stereocenters. The molecule has 1 unspecified atom stereocenters. The van der Waals surface area contributed by atoms with E-state index >= 15 is 0 Å². The first-order valence-corrected chi connectivity index (χ1v) is 7.82. The highest BCUT2D eigenvalue weighted by Gasteiger charge is 2.16. The molecular weight excluding hydrogens is 264 g/mol. The number of aliphatic hydroxyl groups excluding tert-OH is 1. The van der Waals surface area contributed by atoms with Gasteiger partial charge in [-0.3, -0.25) is 4.79 Å². The SMILES string of the molecule is CCCNCCCCC(O)C(=O)Nc1c(C)cccc1C. The minimum absolute atomic E-state index is 0.311. The van der Waals surface area contributed by atoms with Crippen LogP contribution in [0.5, 0.6) is 0 Å². The smallest absolute Gasteiger partial charge is 0.253 e. The van der Waals surface area contributed by atoms with Crippen molar-refractivity contribution in [2.75, 3.05) is 18.4 Å². The lowest BCUT2D eigenvalue weighted by Crippen LogP contribution is -2.28. The first kappa shape index (κ1) is 17.7. The number of hydrogen-bond acceptors (Lipinski definition) is 3. The Bertz CT molecular complexity index is 426. The second-order valence-corrected chi connectivity index (χ2v) is 5.52. The van der Waals surface area contributed by atoms with Gasteiger partial charge in [0.25, 0.3) is 5.91 Å². The van der Waals surface area contributed by atoms with Gasteiger partial charge >= 0.3 is 0 Å². The molecule has 0 spiro atoms. The Labute approximate surface area is 128 Å². The summed E-state index contributed by atoms with van der Waals surface area (Å²) in [4.78, 5) is 12.0. The Kier molecular flexibility index (Phi) is 8.01. The molecule has 0 heterocycles. The Morgan fingerprint density at radius 3 is 2.48 bits per heavy atom. The van der Waals surface area contributed by atoms with E-state index in [1.54, 1.807) is 0 Å². The number of benzene rings is 1. The van der Waals surface area contributed by atoms with Crippen molar-refractivity contribution in [1.29, 1.82) is 0 Å². The summed E-state index contributed by atoms with van der Waals surface area (Å²) in [6.07, 6.45) is 2.52. The molecule has 0 saturated heterocycles. The van der Waals surface area contributed by atoms with Crippen LogP contribution in [-0.2, 0) is 4.79 Å². The van der Waals surface area contributed by atoms with Crippen LogP contribution in [0.4, 0.5) is 5.69 Å². The number of nitrogens with one attached hydrogen (secondary N) is 2. The van der Waals surface area contributed by atoms with E-state index in [2.05, 4.69) is 17.6 Å². The molecule has 1 aromatic carbocycles. The van der Waals surface area contributed by atoms with Crippen LogP contribution in [0, 0.1) is 13.8 Å². The normalized spacial score (nSPS) is 12.2. The van der Waals surface area contributed by atoms with Crippen LogP contribution in [0.15, 0.2) is 18.2 Å². The van der Waals surface area contributed by atoms with Crippen LogP contribution in [0.1, 0.15) is 43.7 Å².